The lowest BCUT2D eigenvalue weighted by molar-refractivity contribution is 0.360. The van der Waals surface area contributed by atoms with Gasteiger partial charge in [-0.3, -0.25) is 10.1 Å². The topological polar surface area (TPSA) is 32.8 Å². The summed E-state index contributed by atoms with van der Waals surface area (Å²) in [5, 5.41) is 12.0. The van der Waals surface area contributed by atoms with Crippen LogP contribution in [0.2, 0.25) is 0 Å². The van der Waals surface area contributed by atoms with E-state index in [4.69, 9.17) is 0 Å². The first-order valence-electron chi connectivity index (χ1n) is 3.80. The lowest BCUT2D eigenvalue weighted by Gasteiger charge is -1.97. The van der Waals surface area contributed by atoms with E-state index in [-0.39, 0.29) is 5.75 Å². The first-order valence-corrected chi connectivity index (χ1v) is 3.80. The maximum absolute atomic E-state index is 11.3. The number of hydrogen-bond acceptors (Lipinski definition) is 1. The van der Waals surface area contributed by atoms with Crippen LogP contribution in [0.5, 0.6) is 5.75 Å². The Hall–Kier alpha value is -1.57. The summed E-state index contributed by atoms with van der Waals surface area (Å²) in [4.78, 5) is 4.14. The van der Waals surface area contributed by atoms with E-state index < -0.39 is 0 Å². The van der Waals surface area contributed by atoms with Crippen LogP contribution >= 0.6 is 0 Å². The van der Waals surface area contributed by atoms with E-state index in [1.807, 2.05) is 19.1 Å². The minimum absolute atomic E-state index is 0.0451. The van der Waals surface area contributed by atoms with Crippen LogP contribution in [0.25, 0.3) is 10.9 Å². The molecule has 0 saturated carbocycles. The zero-order chi connectivity index (χ0) is 8.55. The fourth-order valence-electron chi connectivity index (χ4n) is 1.23. The molecule has 1 radical (unpaired) electrons. The molecule has 1 aromatic heterocycles. The molecule has 0 aliphatic rings. The second-order valence-corrected chi connectivity index (χ2v) is 2.84. The number of aryl methyl sites for hydroxylation is 1. The van der Waals surface area contributed by atoms with Crippen molar-refractivity contribution in [3.8, 4) is 5.75 Å². The van der Waals surface area contributed by atoms with E-state index >= 15 is 0 Å². The quantitative estimate of drug-likeness (QED) is 0.580. The molecule has 2 rings (SSSR count). The molecule has 0 spiro atoms. The van der Waals surface area contributed by atoms with Crippen molar-refractivity contribution in [3.05, 3.63) is 36.0 Å². The predicted molar refractivity (Wildman–Crippen MR) is 46.6 cm³/mol. The minimum atomic E-state index is 0.0451. The molecule has 2 heteroatoms. The summed E-state index contributed by atoms with van der Waals surface area (Å²) >= 11 is 0. The van der Waals surface area contributed by atoms with Gasteiger partial charge in [0, 0.05) is 11.6 Å². The molecule has 0 aliphatic carbocycles. The minimum Gasteiger partial charge on any atom is -0.289 e. The van der Waals surface area contributed by atoms with E-state index in [1.165, 1.54) is 0 Å². The molecule has 1 heterocycles. The number of rotatable bonds is 0. The molecule has 0 saturated heterocycles. The van der Waals surface area contributed by atoms with E-state index in [9.17, 15) is 5.11 Å². The van der Waals surface area contributed by atoms with Crippen LogP contribution in [0.15, 0.2) is 30.5 Å². The number of nitrogens with zero attached hydrogens (tertiary/aromatic N) is 1. The lowest BCUT2D eigenvalue weighted by atomic mass is 10.1. The number of pyridine rings is 1. The molecular formula is C10H8NO. The van der Waals surface area contributed by atoms with Gasteiger partial charge in [-0.1, -0.05) is 6.07 Å². The standard InChI is InChI=1S/C10H8NO/c1-7-5-8-9(11-6-7)3-2-4-10(8)12/h2-6H,1H3. The summed E-state index contributed by atoms with van der Waals surface area (Å²) in [5.41, 5.74) is 1.79. The summed E-state index contributed by atoms with van der Waals surface area (Å²) in [6, 6.07) is 7.00. The highest BCUT2D eigenvalue weighted by molar-refractivity contribution is 5.84. The van der Waals surface area contributed by atoms with Gasteiger partial charge in [0.05, 0.1) is 5.52 Å². The van der Waals surface area contributed by atoms with Crippen LogP contribution in [-0.2, 0) is 5.11 Å². The van der Waals surface area contributed by atoms with Crippen molar-refractivity contribution < 1.29 is 5.11 Å². The second-order valence-electron chi connectivity index (χ2n) is 2.84. The number of aromatic nitrogens is 1. The fraction of sp³-hybridized carbons (Fsp3) is 0.100. The van der Waals surface area contributed by atoms with Crippen molar-refractivity contribution in [2.75, 3.05) is 0 Å². The Kier molecular flexibility index (Phi) is 1.47. The van der Waals surface area contributed by atoms with Crippen molar-refractivity contribution in [1.29, 1.82) is 0 Å². The van der Waals surface area contributed by atoms with Crippen molar-refractivity contribution >= 4 is 10.9 Å². The van der Waals surface area contributed by atoms with E-state index in [0.717, 1.165) is 11.1 Å². The van der Waals surface area contributed by atoms with Crippen molar-refractivity contribution in [2.45, 2.75) is 6.92 Å². The average molecular weight is 158 g/mol. The van der Waals surface area contributed by atoms with Gasteiger partial charge in [-0.05, 0) is 30.7 Å². The Morgan fingerprint density at radius 2 is 2.17 bits per heavy atom. The van der Waals surface area contributed by atoms with Crippen LogP contribution in [-0.4, -0.2) is 4.98 Å². The largest absolute Gasteiger partial charge is 0.289 e. The summed E-state index contributed by atoms with van der Waals surface area (Å²) in [7, 11) is 0. The van der Waals surface area contributed by atoms with Gasteiger partial charge in [-0.25, -0.2) is 0 Å². The number of benzene rings is 1. The van der Waals surface area contributed by atoms with Gasteiger partial charge >= 0.3 is 0 Å². The Balaban J connectivity index is 2.88. The predicted octanol–water partition coefficient (Wildman–Crippen LogP) is 2.69. The van der Waals surface area contributed by atoms with Crippen LogP contribution in [0, 0.1) is 6.92 Å². The van der Waals surface area contributed by atoms with E-state index in [1.54, 1.807) is 18.3 Å². The molecular weight excluding hydrogens is 150 g/mol. The molecule has 12 heavy (non-hydrogen) atoms. The zero-order valence-corrected chi connectivity index (χ0v) is 6.74. The van der Waals surface area contributed by atoms with Crippen molar-refractivity contribution in [3.63, 3.8) is 0 Å². The highest BCUT2D eigenvalue weighted by Gasteiger charge is 2.00. The van der Waals surface area contributed by atoms with Gasteiger partial charge in [-0.2, -0.15) is 0 Å². The molecule has 0 N–H and O–H groups in total. The lowest BCUT2D eigenvalue weighted by Crippen LogP contribution is -1.80. The van der Waals surface area contributed by atoms with Gasteiger partial charge in [0.25, 0.3) is 0 Å². The Labute approximate surface area is 70.5 Å². The molecule has 0 unspecified atom stereocenters. The second kappa shape index (κ2) is 2.48. The average Bonchev–Trinajstić information content (AvgIpc) is 2.07. The van der Waals surface area contributed by atoms with E-state index in [0.29, 0.717) is 5.39 Å². The number of hydrogen-bond donors (Lipinski definition) is 0. The third-order valence-electron chi connectivity index (χ3n) is 1.82. The van der Waals surface area contributed by atoms with E-state index in [2.05, 4.69) is 4.98 Å². The molecule has 1 aromatic carbocycles. The van der Waals surface area contributed by atoms with Crippen LogP contribution in [0.1, 0.15) is 5.56 Å². The fourth-order valence-corrected chi connectivity index (χ4v) is 1.23. The molecule has 2 aromatic rings. The van der Waals surface area contributed by atoms with Crippen molar-refractivity contribution in [1.82, 2.24) is 4.98 Å². The first-order chi connectivity index (χ1) is 5.77. The maximum Gasteiger partial charge on any atom is 0.188 e. The zero-order valence-electron chi connectivity index (χ0n) is 6.74. The highest BCUT2D eigenvalue weighted by atomic mass is 16.3. The normalized spacial score (nSPS) is 10.4. The Bertz CT molecular complexity index is 423. The van der Waals surface area contributed by atoms with Crippen LogP contribution in [0.4, 0.5) is 0 Å². The van der Waals surface area contributed by atoms with Gasteiger partial charge in [0.15, 0.2) is 5.75 Å². The molecule has 2 nitrogen and oxygen atoms in total. The van der Waals surface area contributed by atoms with Crippen molar-refractivity contribution in [2.24, 2.45) is 0 Å². The molecule has 59 valence electrons. The molecule has 0 atom stereocenters. The first kappa shape index (κ1) is 7.10. The Morgan fingerprint density at radius 1 is 1.33 bits per heavy atom. The summed E-state index contributed by atoms with van der Waals surface area (Å²) in [5.74, 6) is 0.0451. The molecule has 0 amide bonds. The monoisotopic (exact) mass is 158 g/mol. The van der Waals surface area contributed by atoms with Crippen LogP contribution < -0.4 is 0 Å². The third-order valence-corrected chi connectivity index (χ3v) is 1.82. The molecule has 0 fully saturated rings. The van der Waals surface area contributed by atoms with Gasteiger partial charge < -0.3 is 0 Å². The third kappa shape index (κ3) is 1.01. The summed E-state index contributed by atoms with van der Waals surface area (Å²) < 4.78 is 0. The smallest absolute Gasteiger partial charge is 0.188 e. The highest BCUT2D eigenvalue weighted by Crippen LogP contribution is 2.23. The molecule has 0 bridgehead atoms. The molecule has 0 aliphatic heterocycles. The summed E-state index contributed by atoms with van der Waals surface area (Å²) in [6.07, 6.45) is 1.77. The number of fused-ring (bicyclic) bond motifs is 1. The maximum atomic E-state index is 11.3. The SMILES string of the molecule is Cc1cnc2cccc([O])c2c1. The van der Waals surface area contributed by atoms with Crippen LogP contribution in [0.3, 0.4) is 0 Å². The van der Waals surface area contributed by atoms with Gasteiger partial charge in [-0.15, -0.1) is 0 Å². The summed E-state index contributed by atoms with van der Waals surface area (Å²) in [6.45, 7) is 1.93. The van der Waals surface area contributed by atoms with Gasteiger partial charge in [0.2, 0.25) is 0 Å². The van der Waals surface area contributed by atoms with Gasteiger partial charge in [0.1, 0.15) is 0 Å². The Morgan fingerprint density at radius 3 is 3.00 bits per heavy atom.